The Morgan fingerprint density at radius 1 is 1.14 bits per heavy atom. The molecule has 0 unspecified atom stereocenters. The molecule has 7 heteroatoms. The summed E-state index contributed by atoms with van der Waals surface area (Å²) in [4.78, 5) is 7.09. The Labute approximate surface area is 163 Å². The molecule has 2 atom stereocenters. The third-order valence-corrected chi connectivity index (χ3v) is 5.69. The number of hydrogen-bond donors (Lipinski definition) is 1. The fraction of sp³-hybridized carbons (Fsp3) is 0.429. The van der Waals surface area contributed by atoms with E-state index in [-0.39, 0.29) is 24.9 Å². The number of anilines is 1. The first-order chi connectivity index (χ1) is 13.7. The van der Waals surface area contributed by atoms with Gasteiger partial charge in [-0.2, -0.15) is 5.10 Å². The first-order valence-corrected chi connectivity index (χ1v) is 9.70. The number of ether oxygens (including phenoxy) is 2. The molecule has 2 aliphatic rings. The van der Waals surface area contributed by atoms with Gasteiger partial charge in [0.1, 0.15) is 18.0 Å². The molecule has 2 aliphatic heterocycles. The van der Waals surface area contributed by atoms with Crippen LogP contribution in [-0.4, -0.2) is 58.4 Å². The van der Waals surface area contributed by atoms with Crippen LogP contribution in [0.5, 0.6) is 0 Å². The molecule has 4 heterocycles. The summed E-state index contributed by atoms with van der Waals surface area (Å²) in [6, 6.07) is 10.2. The van der Waals surface area contributed by atoms with Gasteiger partial charge in [-0.3, -0.25) is 4.68 Å². The van der Waals surface area contributed by atoms with Crippen LogP contribution in [0.3, 0.4) is 0 Å². The maximum atomic E-state index is 9.91. The van der Waals surface area contributed by atoms with Gasteiger partial charge in [-0.25, -0.2) is 4.98 Å². The van der Waals surface area contributed by atoms with Gasteiger partial charge in [0, 0.05) is 36.4 Å². The molecule has 2 aromatic heterocycles. The lowest BCUT2D eigenvalue weighted by Crippen LogP contribution is -2.27. The second-order valence-corrected chi connectivity index (χ2v) is 7.56. The van der Waals surface area contributed by atoms with E-state index in [2.05, 4.69) is 23.0 Å². The van der Waals surface area contributed by atoms with Crippen molar-refractivity contribution in [2.45, 2.75) is 31.8 Å². The molecule has 7 nitrogen and oxygen atoms in total. The Balaban J connectivity index is 1.39. The van der Waals surface area contributed by atoms with E-state index in [1.807, 2.05) is 35.1 Å². The number of nitrogens with zero attached hydrogens (tertiary/aromatic N) is 4. The first-order valence-electron chi connectivity index (χ1n) is 9.70. The molecule has 2 fully saturated rings. The summed E-state index contributed by atoms with van der Waals surface area (Å²) < 4.78 is 14.3. The number of fused-ring (bicyclic) bond motifs is 2. The lowest BCUT2D eigenvalue weighted by atomic mass is 10.1. The highest BCUT2D eigenvalue weighted by molar-refractivity contribution is 5.84. The zero-order valence-electron chi connectivity index (χ0n) is 15.9. The molecular formula is C21H24N4O3. The third kappa shape index (κ3) is 3.05. The van der Waals surface area contributed by atoms with Gasteiger partial charge in [0.05, 0.1) is 31.4 Å². The monoisotopic (exact) mass is 380 g/mol. The van der Waals surface area contributed by atoms with Crippen LogP contribution in [0, 0.1) is 6.92 Å². The molecule has 0 saturated carbocycles. The van der Waals surface area contributed by atoms with E-state index in [1.54, 1.807) is 6.20 Å². The van der Waals surface area contributed by atoms with Crippen molar-refractivity contribution >= 4 is 16.7 Å². The second kappa shape index (κ2) is 7.16. The molecule has 0 amide bonds. The van der Waals surface area contributed by atoms with Crippen LogP contribution in [0.25, 0.3) is 10.9 Å². The fourth-order valence-electron chi connectivity index (χ4n) is 4.17. The molecule has 0 bridgehead atoms. The summed E-state index contributed by atoms with van der Waals surface area (Å²) in [7, 11) is 0. The van der Waals surface area contributed by atoms with Crippen LogP contribution < -0.4 is 4.90 Å². The van der Waals surface area contributed by atoms with Crippen LogP contribution >= 0.6 is 0 Å². The summed E-state index contributed by atoms with van der Waals surface area (Å²) in [5.74, 6) is 0.827. The number of hydrogen-bond acceptors (Lipinski definition) is 6. The van der Waals surface area contributed by atoms with Crippen LogP contribution in [0.4, 0.5) is 5.82 Å². The highest BCUT2D eigenvalue weighted by Gasteiger charge is 2.39. The summed E-state index contributed by atoms with van der Waals surface area (Å²) >= 11 is 0. The van der Waals surface area contributed by atoms with Crippen molar-refractivity contribution in [2.75, 3.05) is 31.2 Å². The van der Waals surface area contributed by atoms with Crippen molar-refractivity contribution in [1.29, 1.82) is 0 Å². The minimum atomic E-state index is -0.0405. The molecule has 0 spiro atoms. The zero-order chi connectivity index (χ0) is 19.1. The normalized spacial score (nSPS) is 23.1. The maximum Gasteiger partial charge on any atom is 0.135 e. The van der Waals surface area contributed by atoms with Crippen molar-refractivity contribution in [2.24, 2.45) is 0 Å². The number of benzene rings is 1. The van der Waals surface area contributed by atoms with Crippen molar-refractivity contribution in [3.05, 3.63) is 53.9 Å². The Bertz CT molecular complexity index is 959. The molecule has 3 aromatic rings. The average molecular weight is 380 g/mol. The quantitative estimate of drug-likeness (QED) is 0.750. The molecular weight excluding hydrogens is 356 g/mol. The SMILES string of the molecule is Cc1cccc2cc(CO)c(N3C[C@@H]4OCC(n5cccn5)CO[C@H]4C3)nc12. The number of rotatable bonds is 3. The third-order valence-electron chi connectivity index (χ3n) is 5.69. The van der Waals surface area contributed by atoms with Crippen LogP contribution in [0.2, 0.25) is 0 Å². The minimum absolute atomic E-state index is 0.0125. The fourth-order valence-corrected chi connectivity index (χ4v) is 4.17. The van der Waals surface area contributed by atoms with Crippen molar-refractivity contribution in [1.82, 2.24) is 14.8 Å². The van der Waals surface area contributed by atoms with E-state index in [0.717, 1.165) is 27.8 Å². The van der Waals surface area contributed by atoms with E-state index in [9.17, 15) is 5.11 Å². The molecule has 2 saturated heterocycles. The van der Waals surface area contributed by atoms with Gasteiger partial charge in [-0.1, -0.05) is 18.2 Å². The predicted octanol–water partition coefficient (Wildman–Crippen LogP) is 2.08. The Morgan fingerprint density at radius 2 is 1.93 bits per heavy atom. The molecule has 0 radical (unpaired) electrons. The van der Waals surface area contributed by atoms with Gasteiger partial charge < -0.3 is 19.5 Å². The number of para-hydroxylation sites is 1. The highest BCUT2D eigenvalue weighted by Crippen LogP contribution is 2.31. The second-order valence-electron chi connectivity index (χ2n) is 7.56. The highest BCUT2D eigenvalue weighted by atomic mass is 16.6. The zero-order valence-corrected chi connectivity index (χ0v) is 15.9. The van der Waals surface area contributed by atoms with Gasteiger partial charge in [-0.15, -0.1) is 0 Å². The number of aromatic nitrogens is 3. The summed E-state index contributed by atoms with van der Waals surface area (Å²) in [5, 5.41) is 15.3. The Kier molecular flexibility index (Phi) is 4.50. The average Bonchev–Trinajstić information content (AvgIpc) is 3.34. The van der Waals surface area contributed by atoms with Gasteiger partial charge in [0.15, 0.2) is 0 Å². The van der Waals surface area contributed by atoms with E-state index < -0.39 is 0 Å². The van der Waals surface area contributed by atoms with Crippen LogP contribution in [0.15, 0.2) is 42.7 Å². The van der Waals surface area contributed by atoms with Crippen LogP contribution in [-0.2, 0) is 16.1 Å². The van der Waals surface area contributed by atoms with E-state index in [1.165, 1.54) is 0 Å². The lowest BCUT2D eigenvalue weighted by molar-refractivity contribution is -0.00461. The van der Waals surface area contributed by atoms with Gasteiger partial charge in [0.25, 0.3) is 0 Å². The Morgan fingerprint density at radius 3 is 2.61 bits per heavy atom. The molecule has 1 N–H and O–H groups in total. The van der Waals surface area contributed by atoms with Crippen molar-refractivity contribution < 1.29 is 14.6 Å². The summed E-state index contributed by atoms with van der Waals surface area (Å²) in [6.45, 7) is 4.58. The standard InChI is InChI=1S/C21H24N4O3/c1-14-4-2-5-15-8-16(11-26)21(23-20(14)15)24-9-18-19(10-24)28-13-17(12-27-18)25-7-3-6-22-25/h2-8,17-19,26H,9-13H2,1H3/t18-,19-/m0/s1. The molecule has 1 aromatic carbocycles. The topological polar surface area (TPSA) is 72.6 Å². The lowest BCUT2D eigenvalue weighted by Gasteiger charge is -2.22. The molecule has 146 valence electrons. The van der Waals surface area contributed by atoms with Gasteiger partial charge in [-0.05, 0) is 24.6 Å². The predicted molar refractivity (Wildman–Crippen MR) is 105 cm³/mol. The number of aryl methyl sites for hydroxylation is 1. The molecule has 0 aliphatic carbocycles. The maximum absolute atomic E-state index is 9.91. The van der Waals surface area contributed by atoms with E-state index in [4.69, 9.17) is 14.5 Å². The Hall–Kier alpha value is -2.48. The molecule has 5 rings (SSSR count). The summed E-state index contributed by atoms with van der Waals surface area (Å²) in [5.41, 5.74) is 2.94. The van der Waals surface area contributed by atoms with Gasteiger partial charge >= 0.3 is 0 Å². The smallest absolute Gasteiger partial charge is 0.135 e. The largest absolute Gasteiger partial charge is 0.392 e. The van der Waals surface area contributed by atoms with Crippen LogP contribution in [0.1, 0.15) is 17.2 Å². The van der Waals surface area contributed by atoms with E-state index >= 15 is 0 Å². The van der Waals surface area contributed by atoms with Crippen molar-refractivity contribution in [3.8, 4) is 0 Å². The molecule has 28 heavy (non-hydrogen) atoms. The minimum Gasteiger partial charge on any atom is -0.392 e. The van der Waals surface area contributed by atoms with E-state index in [0.29, 0.717) is 26.3 Å². The first kappa shape index (κ1) is 17.6. The number of aliphatic hydroxyl groups excluding tert-OH is 1. The number of aliphatic hydroxyl groups is 1. The van der Waals surface area contributed by atoms with Gasteiger partial charge in [0.2, 0.25) is 0 Å². The van der Waals surface area contributed by atoms with Crippen molar-refractivity contribution in [3.63, 3.8) is 0 Å². The number of pyridine rings is 1. The summed E-state index contributed by atoms with van der Waals surface area (Å²) in [6.07, 6.45) is 3.69.